The molecular weight excluding hydrogens is 408 g/mol. The Bertz CT molecular complexity index is 1190. The minimum Gasteiger partial charge on any atom is -0.493 e. The Kier molecular flexibility index (Phi) is 6.14. The molecule has 2 aromatic carbocycles. The van der Waals surface area contributed by atoms with Crippen molar-refractivity contribution in [1.82, 2.24) is 0 Å². The average Bonchev–Trinajstić information content (AvgIpc) is 3.10. The van der Waals surface area contributed by atoms with E-state index in [4.69, 9.17) is 24.7 Å². The van der Waals surface area contributed by atoms with Crippen LogP contribution in [-0.4, -0.2) is 28.4 Å². The summed E-state index contributed by atoms with van der Waals surface area (Å²) < 4.78 is 21.5. The Morgan fingerprint density at radius 2 is 1.22 bits per heavy atom. The van der Waals surface area contributed by atoms with Crippen molar-refractivity contribution in [1.29, 1.82) is 15.8 Å². The summed E-state index contributed by atoms with van der Waals surface area (Å²) in [4.78, 5) is 0. The van der Waals surface area contributed by atoms with Gasteiger partial charge in [-0.1, -0.05) is 12.1 Å². The van der Waals surface area contributed by atoms with Gasteiger partial charge in [-0.3, -0.25) is 0 Å². The van der Waals surface area contributed by atoms with Gasteiger partial charge in [0.05, 0.1) is 57.9 Å². The van der Waals surface area contributed by atoms with Gasteiger partial charge in [-0.2, -0.15) is 15.8 Å². The predicted octanol–water partition coefficient (Wildman–Crippen LogP) is 3.37. The largest absolute Gasteiger partial charge is 0.493 e. The number of hydrogen-bond donors (Lipinski definition) is 1. The van der Waals surface area contributed by atoms with Gasteiger partial charge in [0, 0.05) is 11.8 Å². The van der Waals surface area contributed by atoms with E-state index in [2.05, 4.69) is 18.2 Å². The molecule has 0 aromatic heterocycles. The molecule has 0 saturated carbocycles. The second kappa shape index (κ2) is 8.79. The van der Waals surface area contributed by atoms with Crippen LogP contribution in [0.25, 0.3) is 0 Å². The van der Waals surface area contributed by atoms with Gasteiger partial charge in [-0.25, -0.2) is 0 Å². The van der Waals surface area contributed by atoms with Crippen LogP contribution in [0.3, 0.4) is 0 Å². The van der Waals surface area contributed by atoms with Crippen molar-refractivity contribution in [2.45, 2.75) is 11.8 Å². The minimum atomic E-state index is -1.75. The maximum absolute atomic E-state index is 10.1. The van der Waals surface area contributed by atoms with Crippen LogP contribution in [-0.2, 0) is 0 Å². The zero-order valence-corrected chi connectivity index (χ0v) is 18.2. The molecule has 8 heteroatoms. The van der Waals surface area contributed by atoms with E-state index < -0.39 is 17.3 Å². The quantitative estimate of drug-likeness (QED) is 0.737. The molecule has 0 aliphatic heterocycles. The number of nitrogens with two attached hydrogens (primary N) is 1. The maximum Gasteiger partial charge on any atom is 0.191 e. The van der Waals surface area contributed by atoms with Crippen LogP contribution in [0.1, 0.15) is 23.0 Å². The third-order valence-corrected chi connectivity index (χ3v) is 5.83. The van der Waals surface area contributed by atoms with E-state index in [9.17, 15) is 15.8 Å². The molecule has 1 aliphatic carbocycles. The van der Waals surface area contributed by atoms with Crippen LogP contribution in [0.4, 0.5) is 0 Å². The summed E-state index contributed by atoms with van der Waals surface area (Å²) in [7, 11) is 6.04. The second-order valence-electron chi connectivity index (χ2n) is 7.15. The number of allylic oxidation sites excluding steroid dienone is 2. The topological polar surface area (TPSA) is 134 Å². The number of methoxy groups -OCH3 is 4. The van der Waals surface area contributed by atoms with Crippen LogP contribution in [0.2, 0.25) is 0 Å². The van der Waals surface area contributed by atoms with E-state index in [0.717, 1.165) is 0 Å². The molecule has 3 rings (SSSR count). The number of ether oxygens (including phenoxy) is 4. The Balaban J connectivity index is 2.32. The molecule has 0 bridgehead atoms. The summed E-state index contributed by atoms with van der Waals surface area (Å²) in [6.07, 6.45) is 0. The molecule has 162 valence electrons. The van der Waals surface area contributed by atoms with E-state index in [1.54, 1.807) is 36.4 Å². The number of nitrogens with zero attached hydrogens (tertiary/aromatic N) is 3. The molecular formula is C24H22N4O4. The Labute approximate surface area is 186 Å². The zero-order valence-electron chi connectivity index (χ0n) is 18.2. The zero-order chi connectivity index (χ0) is 23.5. The third-order valence-electron chi connectivity index (χ3n) is 5.83. The predicted molar refractivity (Wildman–Crippen MR) is 115 cm³/mol. The van der Waals surface area contributed by atoms with Gasteiger partial charge in [-0.15, -0.1) is 0 Å². The van der Waals surface area contributed by atoms with E-state index in [-0.39, 0.29) is 11.3 Å². The molecule has 8 nitrogen and oxygen atoms in total. The van der Waals surface area contributed by atoms with Crippen LogP contribution in [0.15, 0.2) is 47.7 Å². The molecule has 0 radical (unpaired) electrons. The van der Waals surface area contributed by atoms with Crippen LogP contribution in [0.5, 0.6) is 23.0 Å². The lowest BCUT2D eigenvalue weighted by molar-refractivity contribution is 0.352. The minimum absolute atomic E-state index is 0.0513. The van der Waals surface area contributed by atoms with Gasteiger partial charge in [0.25, 0.3) is 0 Å². The third kappa shape index (κ3) is 3.21. The molecule has 2 atom stereocenters. The molecule has 1 aliphatic rings. The van der Waals surface area contributed by atoms with Crippen LogP contribution in [0, 0.1) is 39.4 Å². The van der Waals surface area contributed by atoms with Crippen molar-refractivity contribution < 1.29 is 18.9 Å². The number of benzene rings is 2. The number of nitriles is 3. The lowest BCUT2D eigenvalue weighted by atomic mass is 9.69. The first-order chi connectivity index (χ1) is 15.5. The summed E-state index contributed by atoms with van der Waals surface area (Å²) >= 11 is 0. The van der Waals surface area contributed by atoms with Gasteiger partial charge in [0.1, 0.15) is 0 Å². The molecule has 32 heavy (non-hydrogen) atoms. The average molecular weight is 430 g/mol. The summed E-state index contributed by atoms with van der Waals surface area (Å²) in [5, 5.41) is 30.2. The van der Waals surface area contributed by atoms with Gasteiger partial charge < -0.3 is 24.7 Å². The number of hydrogen-bond acceptors (Lipinski definition) is 8. The van der Waals surface area contributed by atoms with Crippen molar-refractivity contribution in [3.05, 3.63) is 58.8 Å². The second-order valence-corrected chi connectivity index (χ2v) is 7.15. The first-order valence-corrected chi connectivity index (χ1v) is 9.62. The van der Waals surface area contributed by atoms with Crippen molar-refractivity contribution in [2.24, 2.45) is 11.1 Å². The van der Waals surface area contributed by atoms with E-state index in [0.29, 0.717) is 34.1 Å². The maximum atomic E-state index is 10.1. The molecule has 2 aromatic rings. The summed E-state index contributed by atoms with van der Waals surface area (Å²) in [6.45, 7) is 0. The first-order valence-electron chi connectivity index (χ1n) is 9.62. The summed E-state index contributed by atoms with van der Waals surface area (Å²) in [5.41, 5.74) is 5.94. The van der Waals surface area contributed by atoms with Crippen LogP contribution >= 0.6 is 0 Å². The van der Waals surface area contributed by atoms with Crippen LogP contribution < -0.4 is 24.7 Å². The van der Waals surface area contributed by atoms with E-state index in [1.165, 1.54) is 28.4 Å². The Morgan fingerprint density at radius 1 is 0.750 bits per heavy atom. The molecule has 2 N–H and O–H groups in total. The van der Waals surface area contributed by atoms with Crippen molar-refractivity contribution in [3.63, 3.8) is 0 Å². The van der Waals surface area contributed by atoms with Gasteiger partial charge >= 0.3 is 0 Å². The highest BCUT2D eigenvalue weighted by Gasteiger charge is 2.56. The SMILES string of the molecule is COc1ccc([C@@H]2C(C#N)=C(N)C(C#N)(C#N)[C@H]2c2ccc(OC)c(OC)c2)cc1OC. The Hall–Kier alpha value is -4.35. The molecule has 0 amide bonds. The molecule has 0 spiro atoms. The first kappa shape index (κ1) is 22.3. The lowest BCUT2D eigenvalue weighted by Gasteiger charge is -2.29. The summed E-state index contributed by atoms with van der Waals surface area (Å²) in [6, 6.07) is 16.7. The smallest absolute Gasteiger partial charge is 0.191 e. The highest BCUT2D eigenvalue weighted by atomic mass is 16.5. The van der Waals surface area contributed by atoms with Gasteiger partial charge in [0.2, 0.25) is 0 Å². The molecule has 0 unspecified atom stereocenters. The molecule has 0 fully saturated rings. The molecule has 0 heterocycles. The van der Waals surface area contributed by atoms with E-state index in [1.807, 2.05) is 0 Å². The van der Waals surface area contributed by atoms with Gasteiger partial charge in [0.15, 0.2) is 28.4 Å². The van der Waals surface area contributed by atoms with Gasteiger partial charge in [-0.05, 0) is 35.4 Å². The fourth-order valence-electron chi connectivity index (χ4n) is 4.27. The van der Waals surface area contributed by atoms with E-state index >= 15 is 0 Å². The number of rotatable bonds is 6. The fraction of sp³-hybridized carbons (Fsp3) is 0.292. The fourth-order valence-corrected chi connectivity index (χ4v) is 4.27. The summed E-state index contributed by atoms with van der Waals surface area (Å²) in [5.74, 6) is 0.461. The lowest BCUT2D eigenvalue weighted by Crippen LogP contribution is -2.29. The monoisotopic (exact) mass is 430 g/mol. The van der Waals surface area contributed by atoms with Crippen molar-refractivity contribution in [2.75, 3.05) is 28.4 Å². The highest BCUT2D eigenvalue weighted by Crippen LogP contribution is 2.58. The highest BCUT2D eigenvalue weighted by molar-refractivity contribution is 5.61. The normalized spacial score (nSPS) is 18.8. The van der Waals surface area contributed by atoms with Crippen molar-refractivity contribution >= 4 is 0 Å². The van der Waals surface area contributed by atoms with Crippen molar-refractivity contribution in [3.8, 4) is 41.2 Å². The molecule has 0 saturated heterocycles. The Morgan fingerprint density at radius 3 is 1.66 bits per heavy atom. The standard InChI is InChI=1S/C24H22N4O4/c1-29-17-7-5-14(9-19(17)31-3)21-16(11-25)23(28)24(12-26,13-27)22(21)15-6-8-18(30-2)20(10-15)32-4/h5-10,21-22H,28H2,1-4H3/t21-,22+/m1/s1.